The highest BCUT2D eigenvalue weighted by molar-refractivity contribution is 5.94. The Bertz CT molecular complexity index is 726. The molecule has 2 aromatic rings. The van der Waals surface area contributed by atoms with Gasteiger partial charge in [-0.25, -0.2) is 0 Å². The minimum atomic E-state index is 0.0672. The zero-order valence-corrected chi connectivity index (χ0v) is 14.6. The number of piperidine rings is 1. The molecule has 132 valence electrons. The first-order valence-corrected chi connectivity index (χ1v) is 9.51. The molecule has 0 unspecified atom stereocenters. The third-order valence-electron chi connectivity index (χ3n) is 5.50. The predicted octanol–water partition coefficient (Wildman–Crippen LogP) is 3.58. The molecule has 5 nitrogen and oxygen atoms in total. The van der Waals surface area contributed by atoms with E-state index in [1.165, 1.54) is 6.42 Å². The van der Waals surface area contributed by atoms with Crippen molar-refractivity contribution in [1.82, 2.24) is 15.0 Å². The number of aromatic nitrogens is 2. The summed E-state index contributed by atoms with van der Waals surface area (Å²) >= 11 is 0. The normalized spacial score (nSPS) is 20.3. The summed E-state index contributed by atoms with van der Waals surface area (Å²) < 4.78 is 5.46. The Balaban J connectivity index is 1.48. The van der Waals surface area contributed by atoms with Crippen LogP contribution in [-0.4, -0.2) is 33.5 Å². The molecule has 0 radical (unpaired) electrons. The number of amides is 1. The Morgan fingerprint density at radius 1 is 1.20 bits per heavy atom. The van der Waals surface area contributed by atoms with Crippen LogP contribution in [-0.2, 0) is 19.3 Å². The summed E-state index contributed by atoms with van der Waals surface area (Å²) in [6.07, 6.45) is 11.1. The zero-order chi connectivity index (χ0) is 17.1. The number of likely N-dealkylation sites (tertiary alicyclic amines) is 1. The second-order valence-corrected chi connectivity index (χ2v) is 7.15. The third-order valence-corrected chi connectivity index (χ3v) is 5.50. The molecule has 3 heterocycles. The highest BCUT2D eigenvalue weighted by atomic mass is 16.5. The van der Waals surface area contributed by atoms with Crippen LogP contribution in [0, 0.1) is 0 Å². The zero-order valence-electron chi connectivity index (χ0n) is 14.6. The highest BCUT2D eigenvalue weighted by Crippen LogP contribution is 2.28. The standard InChI is InChI=1S/C20H25N3O2/c24-20(19-17-9-1-2-10-18(17)25-22-19)23-14-6-4-8-16(23)12-11-15-7-3-5-13-21-15/h3,5,7,13,16H,1-2,4,6,8-12,14H2/t16-/m0/s1. The van der Waals surface area contributed by atoms with Gasteiger partial charge in [0.1, 0.15) is 5.76 Å². The Hall–Kier alpha value is -2.17. The largest absolute Gasteiger partial charge is 0.360 e. The predicted molar refractivity (Wildman–Crippen MR) is 94.4 cm³/mol. The van der Waals surface area contributed by atoms with Crippen LogP contribution in [0.1, 0.15) is 66.0 Å². The topological polar surface area (TPSA) is 59.2 Å². The van der Waals surface area contributed by atoms with Gasteiger partial charge in [0.15, 0.2) is 5.69 Å². The van der Waals surface area contributed by atoms with Crippen LogP contribution in [0.2, 0.25) is 0 Å². The van der Waals surface area contributed by atoms with E-state index in [4.69, 9.17) is 4.52 Å². The molecule has 1 fully saturated rings. The maximum atomic E-state index is 13.1. The number of carbonyl (C=O) groups excluding carboxylic acids is 1. The van der Waals surface area contributed by atoms with Gasteiger partial charge in [0.25, 0.3) is 5.91 Å². The lowest BCUT2D eigenvalue weighted by Gasteiger charge is -2.35. The second kappa shape index (κ2) is 7.38. The van der Waals surface area contributed by atoms with Crippen LogP contribution < -0.4 is 0 Å². The van der Waals surface area contributed by atoms with Crippen LogP contribution in [0.15, 0.2) is 28.9 Å². The van der Waals surface area contributed by atoms with Crippen molar-refractivity contribution < 1.29 is 9.32 Å². The van der Waals surface area contributed by atoms with Crippen LogP contribution in [0.3, 0.4) is 0 Å². The minimum absolute atomic E-state index is 0.0672. The SMILES string of the molecule is O=C(c1noc2c1CCCC2)N1CCCC[C@H]1CCc1ccccn1. The number of pyridine rings is 1. The molecule has 1 aliphatic carbocycles. The molecule has 0 aromatic carbocycles. The van der Waals surface area contributed by atoms with Crippen molar-refractivity contribution in [2.75, 3.05) is 6.54 Å². The quantitative estimate of drug-likeness (QED) is 0.854. The number of aryl methyl sites for hydroxylation is 2. The van der Waals surface area contributed by atoms with E-state index in [-0.39, 0.29) is 11.9 Å². The molecule has 5 heteroatoms. The molecule has 1 saturated heterocycles. The van der Waals surface area contributed by atoms with Crippen LogP contribution in [0.5, 0.6) is 0 Å². The molecule has 25 heavy (non-hydrogen) atoms. The van der Waals surface area contributed by atoms with Crippen molar-refractivity contribution in [2.45, 2.75) is 63.8 Å². The first-order chi connectivity index (χ1) is 12.3. The van der Waals surface area contributed by atoms with E-state index in [1.54, 1.807) is 0 Å². The first kappa shape index (κ1) is 16.3. The number of rotatable bonds is 4. The molecule has 1 atom stereocenters. The van der Waals surface area contributed by atoms with Crippen molar-refractivity contribution in [2.24, 2.45) is 0 Å². The van der Waals surface area contributed by atoms with Crippen LogP contribution in [0.25, 0.3) is 0 Å². The van der Waals surface area contributed by atoms with Crippen molar-refractivity contribution in [3.05, 3.63) is 47.1 Å². The van der Waals surface area contributed by atoms with E-state index in [2.05, 4.69) is 16.2 Å². The number of hydrogen-bond donors (Lipinski definition) is 0. The van der Waals surface area contributed by atoms with Crippen molar-refractivity contribution in [1.29, 1.82) is 0 Å². The maximum absolute atomic E-state index is 13.1. The Kier molecular flexibility index (Phi) is 4.81. The number of fused-ring (bicyclic) bond motifs is 1. The van der Waals surface area contributed by atoms with Gasteiger partial charge in [-0.3, -0.25) is 9.78 Å². The number of nitrogens with zero attached hydrogens (tertiary/aromatic N) is 3. The fraction of sp³-hybridized carbons (Fsp3) is 0.550. The van der Waals surface area contributed by atoms with Gasteiger partial charge in [-0.2, -0.15) is 0 Å². The van der Waals surface area contributed by atoms with Crippen molar-refractivity contribution in [3.8, 4) is 0 Å². The van der Waals surface area contributed by atoms with Gasteiger partial charge in [0, 0.05) is 36.5 Å². The maximum Gasteiger partial charge on any atom is 0.276 e. The monoisotopic (exact) mass is 339 g/mol. The lowest BCUT2D eigenvalue weighted by atomic mass is 9.94. The van der Waals surface area contributed by atoms with E-state index in [9.17, 15) is 4.79 Å². The highest BCUT2D eigenvalue weighted by Gasteiger charge is 2.32. The molecule has 2 aromatic heterocycles. The van der Waals surface area contributed by atoms with Gasteiger partial charge in [0.05, 0.1) is 0 Å². The van der Waals surface area contributed by atoms with Gasteiger partial charge in [-0.1, -0.05) is 11.2 Å². The smallest absolute Gasteiger partial charge is 0.276 e. The molecule has 0 N–H and O–H groups in total. The van der Waals surface area contributed by atoms with Gasteiger partial charge >= 0.3 is 0 Å². The van der Waals surface area contributed by atoms with E-state index in [0.717, 1.165) is 74.9 Å². The lowest BCUT2D eigenvalue weighted by Crippen LogP contribution is -2.44. The van der Waals surface area contributed by atoms with Gasteiger partial charge in [-0.15, -0.1) is 0 Å². The Morgan fingerprint density at radius 3 is 3.00 bits per heavy atom. The molecule has 0 spiro atoms. The average molecular weight is 339 g/mol. The summed E-state index contributed by atoms with van der Waals surface area (Å²) in [4.78, 5) is 19.6. The summed E-state index contributed by atoms with van der Waals surface area (Å²) in [6, 6.07) is 6.30. The molecule has 4 rings (SSSR count). The molecule has 2 aliphatic rings. The number of carbonyl (C=O) groups is 1. The van der Waals surface area contributed by atoms with E-state index >= 15 is 0 Å². The minimum Gasteiger partial charge on any atom is -0.360 e. The second-order valence-electron chi connectivity index (χ2n) is 7.15. The molecule has 1 aliphatic heterocycles. The fourth-order valence-corrected chi connectivity index (χ4v) is 4.12. The summed E-state index contributed by atoms with van der Waals surface area (Å²) in [5.74, 6) is 0.995. The molecular weight excluding hydrogens is 314 g/mol. The molecular formula is C20H25N3O2. The van der Waals surface area contributed by atoms with Crippen molar-refractivity contribution in [3.63, 3.8) is 0 Å². The summed E-state index contributed by atoms with van der Waals surface area (Å²) in [5, 5.41) is 4.15. The van der Waals surface area contributed by atoms with Crippen LogP contribution in [0.4, 0.5) is 0 Å². The summed E-state index contributed by atoms with van der Waals surface area (Å²) in [7, 11) is 0. The van der Waals surface area contributed by atoms with Crippen LogP contribution >= 0.6 is 0 Å². The molecule has 0 saturated carbocycles. The summed E-state index contributed by atoms with van der Waals surface area (Å²) in [6.45, 7) is 0.827. The molecule has 1 amide bonds. The first-order valence-electron chi connectivity index (χ1n) is 9.51. The van der Waals surface area contributed by atoms with Gasteiger partial charge < -0.3 is 9.42 Å². The third kappa shape index (κ3) is 3.46. The van der Waals surface area contributed by atoms with Crippen molar-refractivity contribution >= 4 is 5.91 Å². The lowest BCUT2D eigenvalue weighted by molar-refractivity contribution is 0.0590. The summed E-state index contributed by atoms with van der Waals surface area (Å²) in [5.41, 5.74) is 2.73. The van der Waals surface area contributed by atoms with E-state index < -0.39 is 0 Å². The van der Waals surface area contributed by atoms with E-state index in [1.807, 2.05) is 23.2 Å². The van der Waals surface area contributed by atoms with Gasteiger partial charge in [0.2, 0.25) is 0 Å². The number of hydrogen-bond acceptors (Lipinski definition) is 4. The average Bonchev–Trinajstić information content (AvgIpc) is 3.11. The fourth-order valence-electron chi connectivity index (χ4n) is 4.12. The Morgan fingerprint density at radius 2 is 2.12 bits per heavy atom. The molecule has 0 bridgehead atoms. The van der Waals surface area contributed by atoms with Gasteiger partial charge in [-0.05, 0) is 63.5 Å². The Labute approximate surface area is 148 Å². The van der Waals surface area contributed by atoms with E-state index in [0.29, 0.717) is 5.69 Å².